The number of rotatable bonds is 8. The largest absolute Gasteiger partial charge is 0.497 e. The number of halogens is 4. The van der Waals surface area contributed by atoms with Crippen LogP contribution in [0.5, 0.6) is 5.75 Å². The average Bonchev–Trinajstić information content (AvgIpc) is 2.89. The van der Waals surface area contributed by atoms with Crippen LogP contribution in [0.25, 0.3) is 10.9 Å². The Kier molecular flexibility index (Phi) is 9.01. The summed E-state index contributed by atoms with van der Waals surface area (Å²) in [5, 5.41) is 21.8. The maximum absolute atomic E-state index is 13.8. The van der Waals surface area contributed by atoms with Crippen LogP contribution in [0, 0.1) is 34.7 Å². The summed E-state index contributed by atoms with van der Waals surface area (Å²) in [6, 6.07) is 6.49. The highest BCUT2D eigenvalue weighted by Crippen LogP contribution is 2.43. The molecule has 206 valence electrons. The van der Waals surface area contributed by atoms with Gasteiger partial charge in [0.2, 0.25) is 0 Å². The molecule has 1 aromatic heterocycles. The van der Waals surface area contributed by atoms with E-state index in [1.807, 2.05) is 4.90 Å². The second kappa shape index (κ2) is 12.2. The summed E-state index contributed by atoms with van der Waals surface area (Å²) in [7, 11) is 1.54. The third kappa shape index (κ3) is 6.82. The molecule has 3 aromatic rings. The minimum absolute atomic E-state index is 0.0517. The van der Waals surface area contributed by atoms with Gasteiger partial charge in [0, 0.05) is 29.3 Å². The Labute approximate surface area is 229 Å². The van der Waals surface area contributed by atoms with Crippen molar-refractivity contribution in [2.45, 2.75) is 38.2 Å². The number of pyridine rings is 1. The molecule has 0 spiro atoms. The lowest BCUT2D eigenvalue weighted by atomic mass is 9.71. The molecular weight excluding hydrogens is 533 g/mol. The molecule has 1 atom stereocenters. The van der Waals surface area contributed by atoms with E-state index in [1.165, 1.54) is 6.20 Å². The van der Waals surface area contributed by atoms with E-state index in [0.717, 1.165) is 0 Å². The highest BCUT2D eigenvalue weighted by atomic mass is 35.5. The van der Waals surface area contributed by atoms with Crippen molar-refractivity contribution < 1.29 is 32.9 Å². The Morgan fingerprint density at radius 3 is 2.54 bits per heavy atom. The van der Waals surface area contributed by atoms with E-state index in [1.54, 1.807) is 25.3 Å². The summed E-state index contributed by atoms with van der Waals surface area (Å²) in [5.74, 6) is 1.72. The number of benzene rings is 2. The maximum Gasteiger partial charge on any atom is 0.303 e. The van der Waals surface area contributed by atoms with Gasteiger partial charge in [-0.3, -0.25) is 14.7 Å². The second-order valence-electron chi connectivity index (χ2n) is 9.85. The van der Waals surface area contributed by atoms with Gasteiger partial charge in [0.25, 0.3) is 0 Å². The number of aliphatic carboxylic acids is 1. The van der Waals surface area contributed by atoms with Gasteiger partial charge in [-0.2, -0.15) is 0 Å². The first-order chi connectivity index (χ1) is 18.6. The molecular formula is C29H28ClF3N2O4. The minimum Gasteiger partial charge on any atom is -0.497 e. The average molecular weight is 561 g/mol. The minimum atomic E-state index is -1.06. The summed E-state index contributed by atoms with van der Waals surface area (Å²) >= 11 is 6.43. The van der Waals surface area contributed by atoms with Crippen molar-refractivity contribution in [1.82, 2.24) is 9.88 Å². The standard InChI is InChI=1S/C29H28ClF3N2O4/c1-39-19-4-5-25-21(15-19)28(22(30)17-34-25)26(36)6-7-29(16-27(37)38)8-11-35(12-9-29)10-2-3-20-23(32)13-18(31)14-24(20)33/h4-5,13-15,17,26,36H,6-12,16H2,1H3,(H,37,38). The van der Waals surface area contributed by atoms with E-state index in [-0.39, 0.29) is 13.0 Å². The third-order valence-electron chi connectivity index (χ3n) is 7.32. The number of aliphatic hydroxyl groups is 1. The Hall–Kier alpha value is -3.32. The number of likely N-dealkylation sites (tertiary alicyclic amines) is 1. The highest BCUT2D eigenvalue weighted by Gasteiger charge is 2.37. The van der Waals surface area contributed by atoms with Crippen LogP contribution in [0.15, 0.2) is 36.5 Å². The van der Waals surface area contributed by atoms with Crippen LogP contribution in [0.4, 0.5) is 13.2 Å². The van der Waals surface area contributed by atoms with Crippen LogP contribution >= 0.6 is 11.6 Å². The summed E-state index contributed by atoms with van der Waals surface area (Å²) in [6.07, 6.45) is 2.35. The molecule has 0 aliphatic carbocycles. The molecule has 4 rings (SSSR count). The number of nitrogens with zero attached hydrogens (tertiary/aromatic N) is 2. The van der Waals surface area contributed by atoms with Gasteiger partial charge >= 0.3 is 5.97 Å². The number of carbonyl (C=O) groups is 1. The smallest absolute Gasteiger partial charge is 0.303 e. The molecule has 2 N–H and O–H groups in total. The van der Waals surface area contributed by atoms with E-state index in [4.69, 9.17) is 16.3 Å². The molecule has 0 amide bonds. The number of methoxy groups -OCH3 is 1. The van der Waals surface area contributed by atoms with E-state index < -0.39 is 40.5 Å². The fraction of sp³-hybridized carbons (Fsp3) is 0.379. The molecule has 10 heteroatoms. The highest BCUT2D eigenvalue weighted by molar-refractivity contribution is 6.32. The molecule has 1 fully saturated rings. The molecule has 1 aliphatic rings. The first-order valence-electron chi connectivity index (χ1n) is 12.5. The lowest BCUT2D eigenvalue weighted by Crippen LogP contribution is -2.41. The molecule has 0 saturated carbocycles. The summed E-state index contributed by atoms with van der Waals surface area (Å²) in [5.41, 5.74) is 0.157. The fourth-order valence-corrected chi connectivity index (χ4v) is 5.42. The topological polar surface area (TPSA) is 82.9 Å². The summed E-state index contributed by atoms with van der Waals surface area (Å²) in [4.78, 5) is 18.0. The number of hydrogen-bond donors (Lipinski definition) is 2. The van der Waals surface area contributed by atoms with Gasteiger partial charge in [0.1, 0.15) is 23.2 Å². The number of carboxylic acid groups (broad SMARTS) is 1. The van der Waals surface area contributed by atoms with Gasteiger partial charge in [0.15, 0.2) is 0 Å². The number of carboxylic acids is 1. The SMILES string of the molecule is COc1ccc2ncc(Cl)c(C(O)CCC3(CC(=O)O)CCN(CC#Cc4c(F)cc(F)cc4F)CC3)c2c1. The van der Waals surface area contributed by atoms with E-state index in [2.05, 4.69) is 16.8 Å². The van der Waals surface area contributed by atoms with Gasteiger partial charge in [-0.05, 0) is 62.4 Å². The predicted molar refractivity (Wildman–Crippen MR) is 141 cm³/mol. The molecule has 0 radical (unpaired) electrons. The number of hydrogen-bond acceptors (Lipinski definition) is 5. The number of fused-ring (bicyclic) bond motifs is 1. The van der Waals surface area contributed by atoms with Crippen LogP contribution in [0.1, 0.15) is 49.3 Å². The van der Waals surface area contributed by atoms with E-state index in [9.17, 15) is 28.2 Å². The normalized spacial score (nSPS) is 15.9. The van der Waals surface area contributed by atoms with Crippen molar-refractivity contribution in [3.05, 3.63) is 70.1 Å². The Balaban J connectivity index is 1.44. The number of aromatic nitrogens is 1. The molecule has 6 nitrogen and oxygen atoms in total. The molecule has 39 heavy (non-hydrogen) atoms. The zero-order valence-corrected chi connectivity index (χ0v) is 22.1. The number of piperidine rings is 1. The van der Waals surface area contributed by atoms with Crippen molar-refractivity contribution in [2.24, 2.45) is 5.41 Å². The fourth-order valence-electron chi connectivity index (χ4n) is 5.14. The Morgan fingerprint density at radius 1 is 1.21 bits per heavy atom. The zero-order chi connectivity index (χ0) is 28.2. The van der Waals surface area contributed by atoms with Crippen LogP contribution in [-0.2, 0) is 4.79 Å². The lowest BCUT2D eigenvalue weighted by molar-refractivity contribution is -0.141. The molecule has 1 aliphatic heterocycles. The van der Waals surface area contributed by atoms with Crippen LogP contribution in [0.3, 0.4) is 0 Å². The lowest BCUT2D eigenvalue weighted by Gasteiger charge is -2.41. The van der Waals surface area contributed by atoms with Gasteiger partial charge in [0.05, 0.1) is 42.3 Å². The predicted octanol–water partition coefficient (Wildman–Crippen LogP) is 5.74. The van der Waals surface area contributed by atoms with E-state index >= 15 is 0 Å². The molecule has 1 saturated heterocycles. The van der Waals surface area contributed by atoms with Crippen molar-refractivity contribution >= 4 is 28.5 Å². The number of ether oxygens (including phenoxy) is 1. The molecule has 0 bridgehead atoms. The zero-order valence-electron chi connectivity index (χ0n) is 21.3. The van der Waals surface area contributed by atoms with Crippen LogP contribution in [0.2, 0.25) is 5.02 Å². The maximum atomic E-state index is 13.8. The van der Waals surface area contributed by atoms with Crippen molar-refractivity contribution in [3.63, 3.8) is 0 Å². The molecule has 1 unspecified atom stereocenters. The van der Waals surface area contributed by atoms with Crippen molar-refractivity contribution in [3.8, 4) is 17.6 Å². The Bertz CT molecular complexity index is 1410. The summed E-state index contributed by atoms with van der Waals surface area (Å²) in [6.45, 7) is 1.29. The van der Waals surface area contributed by atoms with E-state index in [0.29, 0.717) is 78.1 Å². The number of aliphatic hydroxyl groups excluding tert-OH is 1. The van der Waals surface area contributed by atoms with Crippen molar-refractivity contribution in [2.75, 3.05) is 26.7 Å². The first-order valence-corrected chi connectivity index (χ1v) is 12.9. The third-order valence-corrected chi connectivity index (χ3v) is 7.62. The van der Waals surface area contributed by atoms with Gasteiger partial charge in [-0.1, -0.05) is 23.4 Å². The van der Waals surface area contributed by atoms with Gasteiger partial charge in [-0.15, -0.1) is 0 Å². The van der Waals surface area contributed by atoms with Gasteiger partial charge < -0.3 is 14.9 Å². The summed E-state index contributed by atoms with van der Waals surface area (Å²) < 4.78 is 46.1. The first kappa shape index (κ1) is 28.7. The second-order valence-corrected chi connectivity index (χ2v) is 10.3. The molecule has 2 aromatic carbocycles. The monoisotopic (exact) mass is 560 g/mol. The van der Waals surface area contributed by atoms with Gasteiger partial charge in [-0.25, -0.2) is 13.2 Å². The van der Waals surface area contributed by atoms with Crippen LogP contribution in [-0.4, -0.2) is 52.8 Å². The van der Waals surface area contributed by atoms with Crippen LogP contribution < -0.4 is 4.74 Å². The van der Waals surface area contributed by atoms with Crippen molar-refractivity contribution in [1.29, 1.82) is 0 Å². The quantitative estimate of drug-likeness (QED) is 0.342. The Morgan fingerprint density at radius 2 is 1.90 bits per heavy atom. The molecule has 2 heterocycles.